The highest BCUT2D eigenvalue weighted by molar-refractivity contribution is 14.3. The smallest absolute Gasteiger partial charge is 0.261 e. The van der Waals surface area contributed by atoms with Gasteiger partial charge in [0.15, 0.2) is 0 Å². The molecule has 1 aliphatic rings. The van der Waals surface area contributed by atoms with Crippen LogP contribution in [0.25, 0.3) is 10.8 Å². The zero-order valence-corrected chi connectivity index (χ0v) is 25.7. The minimum absolute atomic E-state index is 0.0741. The molecule has 0 fully saturated rings. The van der Waals surface area contributed by atoms with Crippen molar-refractivity contribution in [2.45, 2.75) is 12.5 Å². The number of nitrogens with zero attached hydrogens (tertiary/aromatic N) is 2. The van der Waals surface area contributed by atoms with Crippen molar-refractivity contribution in [3.63, 3.8) is 0 Å². The van der Waals surface area contributed by atoms with Gasteiger partial charge in [0.1, 0.15) is 2.41 Å². The number of rotatable bonds is 9. The van der Waals surface area contributed by atoms with E-state index in [0.717, 1.165) is 21.2 Å². The Kier molecular flexibility index (Phi) is 8.94. The molecule has 1 aliphatic heterocycles. The number of benzene rings is 3. The summed E-state index contributed by atoms with van der Waals surface area (Å²) in [5, 5.41) is 4.89. The van der Waals surface area contributed by atoms with E-state index in [1.807, 2.05) is 48.5 Å². The van der Waals surface area contributed by atoms with Crippen LogP contribution in [-0.2, 0) is 15.6 Å². The number of pyridine rings is 1. The summed E-state index contributed by atoms with van der Waals surface area (Å²) in [5.74, 6) is -1.86. The quantitative estimate of drug-likeness (QED) is 0.0822. The lowest BCUT2D eigenvalue weighted by atomic mass is 9.96. The Hall–Kier alpha value is -2.12. The highest BCUT2D eigenvalue weighted by Crippen LogP contribution is 2.65. The van der Waals surface area contributed by atoms with Crippen LogP contribution in [0, 0.1) is 0 Å². The van der Waals surface area contributed by atoms with Crippen molar-refractivity contribution in [3.8, 4) is 0 Å². The average molecular weight is 767 g/mol. The van der Waals surface area contributed by atoms with E-state index < -0.39 is 17.7 Å². The molecule has 1 aromatic heterocycles. The Bertz CT molecular complexity index is 1480. The zero-order valence-electron chi connectivity index (χ0n) is 19.7. The van der Waals surface area contributed by atoms with Crippen LogP contribution < -0.4 is 5.32 Å². The number of hydrogen-bond acceptors (Lipinski definition) is 6. The second-order valence-corrected chi connectivity index (χ2v) is 26.1. The second-order valence-electron chi connectivity index (χ2n) is 8.53. The zero-order chi connectivity index (χ0) is 26.6. The lowest BCUT2D eigenvalue weighted by molar-refractivity contribution is -0.117. The molecule has 0 spiro atoms. The Morgan fingerprint density at radius 1 is 0.974 bits per heavy atom. The Morgan fingerprint density at radius 2 is 1.68 bits per heavy atom. The molecule has 0 saturated carbocycles. The molecule has 0 aliphatic carbocycles. The first-order chi connectivity index (χ1) is 18.4. The molecule has 3 aromatic carbocycles. The number of carbonyl (C=O) groups excluding carboxylic acids is 3. The Labute approximate surface area is 250 Å². The molecule has 4 aromatic rings. The number of imide groups is 1. The summed E-state index contributed by atoms with van der Waals surface area (Å²) in [6.07, 6.45) is 3.46. The van der Waals surface area contributed by atoms with Gasteiger partial charge in [-0.25, -0.2) is 0 Å². The summed E-state index contributed by atoms with van der Waals surface area (Å²) in [5.41, 5.74) is 3.00. The summed E-state index contributed by atoms with van der Waals surface area (Å²) in [6.45, 7) is 0.367. The standard InChI is InChI=1S/C27H20I2N3O4PS/c28-37(29)38-36-16-17-5-7-18(8-6-17)24(15-32-26(34)22-3-1-2-4-23(22)27(32)35)25(33)31-21-10-9-20-14-30-12-11-19(20)13-21/h1-14,24H,15-16H2,(H,31,33). The van der Waals surface area contributed by atoms with Gasteiger partial charge in [0, 0.05) is 41.7 Å². The number of hydrogen-bond donors (Lipinski definition) is 1. The topological polar surface area (TPSA) is 88.6 Å². The molecule has 1 atom stereocenters. The van der Waals surface area contributed by atoms with Gasteiger partial charge in [-0.3, -0.25) is 24.3 Å². The maximum atomic E-state index is 13.7. The molecule has 0 radical (unpaired) electrons. The predicted octanol–water partition coefficient (Wildman–Crippen LogP) is 7.52. The lowest BCUT2D eigenvalue weighted by Gasteiger charge is -2.23. The van der Waals surface area contributed by atoms with Crippen molar-refractivity contribution >= 4 is 92.3 Å². The van der Waals surface area contributed by atoms with Crippen molar-refractivity contribution in [1.82, 2.24) is 9.88 Å². The monoisotopic (exact) mass is 767 g/mol. The van der Waals surface area contributed by atoms with Crippen LogP contribution in [0.15, 0.2) is 85.2 Å². The second kappa shape index (κ2) is 12.4. The molecule has 2 heterocycles. The first-order valence-corrected chi connectivity index (χ1v) is 19.8. The normalized spacial score (nSPS) is 13.7. The van der Waals surface area contributed by atoms with E-state index in [2.05, 4.69) is 54.4 Å². The molecule has 7 nitrogen and oxygen atoms in total. The van der Waals surface area contributed by atoms with Gasteiger partial charge in [0.05, 0.1) is 23.7 Å². The van der Waals surface area contributed by atoms with Crippen LogP contribution >= 0.6 is 58.2 Å². The van der Waals surface area contributed by atoms with Gasteiger partial charge >= 0.3 is 0 Å². The highest BCUT2D eigenvalue weighted by atomic mass is 127. The number of nitrogens with one attached hydrogen (secondary N) is 1. The SMILES string of the molecule is O=C(Nc1ccc2cnccc2c1)C(CN1C(=O)c2ccccc2C1=O)c1ccc(COSP(I)I)cc1. The van der Waals surface area contributed by atoms with E-state index in [-0.39, 0.29) is 14.9 Å². The first kappa shape index (κ1) is 27.4. The number of carbonyl (C=O) groups is 3. The van der Waals surface area contributed by atoms with Gasteiger partial charge < -0.3 is 9.50 Å². The highest BCUT2D eigenvalue weighted by Gasteiger charge is 2.38. The molecule has 11 heteroatoms. The van der Waals surface area contributed by atoms with E-state index in [0.29, 0.717) is 29.0 Å². The fraction of sp³-hybridized carbons (Fsp3) is 0.111. The Morgan fingerprint density at radius 3 is 2.37 bits per heavy atom. The lowest BCUT2D eigenvalue weighted by Crippen LogP contribution is -2.38. The van der Waals surface area contributed by atoms with Crippen molar-refractivity contribution in [1.29, 1.82) is 0 Å². The molecule has 0 bridgehead atoms. The molecular weight excluding hydrogens is 747 g/mol. The van der Waals surface area contributed by atoms with E-state index in [4.69, 9.17) is 4.18 Å². The molecule has 192 valence electrons. The molecular formula is C27H20I2N3O4PS. The summed E-state index contributed by atoms with van der Waals surface area (Å²) in [6, 6.07) is 21.7. The third-order valence-corrected chi connectivity index (χ3v) is 10.1. The van der Waals surface area contributed by atoms with E-state index in [9.17, 15) is 14.4 Å². The summed E-state index contributed by atoms with van der Waals surface area (Å²) < 4.78 is 5.38. The fourth-order valence-electron chi connectivity index (χ4n) is 4.30. The Balaban J connectivity index is 1.41. The van der Waals surface area contributed by atoms with E-state index in [1.54, 1.807) is 36.7 Å². The number of aromatic nitrogens is 1. The average Bonchev–Trinajstić information content (AvgIpc) is 3.16. The van der Waals surface area contributed by atoms with E-state index in [1.165, 1.54) is 11.7 Å². The van der Waals surface area contributed by atoms with Gasteiger partial charge in [-0.2, -0.15) is 0 Å². The third kappa shape index (κ3) is 6.20. The summed E-state index contributed by atoms with van der Waals surface area (Å²) in [4.78, 5) is 45.1. The van der Waals surface area contributed by atoms with Crippen LogP contribution in [0.3, 0.4) is 0 Å². The third-order valence-electron chi connectivity index (χ3n) is 6.18. The summed E-state index contributed by atoms with van der Waals surface area (Å²) >= 11 is 6.11. The van der Waals surface area contributed by atoms with Crippen LogP contribution in [-0.4, -0.2) is 34.2 Å². The predicted molar refractivity (Wildman–Crippen MR) is 169 cm³/mol. The molecule has 5 rings (SSSR count). The largest absolute Gasteiger partial charge is 0.325 e. The van der Waals surface area contributed by atoms with Gasteiger partial charge in [-0.15, -0.1) is 0 Å². The van der Waals surface area contributed by atoms with E-state index >= 15 is 0 Å². The van der Waals surface area contributed by atoms with Gasteiger partial charge in [0.2, 0.25) is 5.91 Å². The van der Waals surface area contributed by atoms with Crippen LogP contribution in [0.2, 0.25) is 0 Å². The number of amides is 3. The van der Waals surface area contributed by atoms with Gasteiger partial charge in [0.25, 0.3) is 11.8 Å². The van der Waals surface area contributed by atoms with Crippen molar-refractivity contribution in [3.05, 3.63) is 107 Å². The van der Waals surface area contributed by atoms with Gasteiger partial charge in [-0.05, 0) is 90.9 Å². The van der Waals surface area contributed by atoms with Crippen molar-refractivity contribution in [2.75, 3.05) is 11.9 Å². The fourth-order valence-corrected chi connectivity index (χ4v) is 7.01. The van der Waals surface area contributed by atoms with Crippen LogP contribution in [0.1, 0.15) is 37.8 Å². The molecule has 38 heavy (non-hydrogen) atoms. The summed E-state index contributed by atoms with van der Waals surface area (Å²) in [7, 11) is 0. The maximum absolute atomic E-state index is 13.7. The number of fused-ring (bicyclic) bond motifs is 2. The van der Waals surface area contributed by atoms with Crippen molar-refractivity contribution in [2.24, 2.45) is 0 Å². The molecule has 3 amide bonds. The van der Waals surface area contributed by atoms with Crippen LogP contribution in [0.5, 0.6) is 0 Å². The minimum atomic E-state index is -0.772. The molecule has 1 N–H and O–H groups in total. The van der Waals surface area contributed by atoms with Crippen molar-refractivity contribution < 1.29 is 18.6 Å². The van der Waals surface area contributed by atoms with Crippen LogP contribution in [0.4, 0.5) is 5.69 Å². The molecule has 1 unspecified atom stereocenters. The minimum Gasteiger partial charge on any atom is -0.325 e. The first-order valence-electron chi connectivity index (χ1n) is 11.5. The number of halogens is 2. The number of anilines is 1. The van der Waals surface area contributed by atoms with Gasteiger partial charge in [-0.1, -0.05) is 42.5 Å². The molecule has 0 saturated heterocycles. The maximum Gasteiger partial charge on any atom is 0.261 e.